The number of ketones is 1. The Bertz CT molecular complexity index is 2710. The molecule has 65 heavy (non-hydrogen) atoms. The number of nitrogens with zero attached hydrogens (tertiary/aromatic N) is 1. The molecule has 16 heteroatoms. The third-order valence-electron chi connectivity index (χ3n) is 13.5. The first-order chi connectivity index (χ1) is 30.3. The van der Waals surface area contributed by atoms with Gasteiger partial charge in [0.15, 0.2) is 22.3 Å². The van der Waals surface area contributed by atoms with Crippen LogP contribution in [0.15, 0.2) is 63.6 Å². The number of fused-ring (bicyclic) bond motifs is 2. The summed E-state index contributed by atoms with van der Waals surface area (Å²) in [5.74, 6) is -6.89. The number of hydrogen-bond donors (Lipinski definition) is 4. The average Bonchev–Trinajstić information content (AvgIpc) is 3.50. The van der Waals surface area contributed by atoms with E-state index in [0.717, 1.165) is 0 Å². The lowest BCUT2D eigenvalue weighted by Crippen LogP contribution is -2.46. The third-order valence-corrected chi connectivity index (χ3v) is 17.8. The minimum Gasteiger partial charge on any atom is -0.542 e. The molecule has 3 aromatic carbocycles. The first kappa shape index (κ1) is 48.9. The van der Waals surface area contributed by atoms with Crippen LogP contribution in [0.3, 0.4) is 0 Å². The summed E-state index contributed by atoms with van der Waals surface area (Å²) in [5.41, 5.74) is -0.561. The van der Waals surface area contributed by atoms with Crippen molar-refractivity contribution in [1.82, 2.24) is 4.98 Å². The third kappa shape index (κ3) is 8.93. The highest BCUT2D eigenvalue weighted by Crippen LogP contribution is 2.49. The summed E-state index contributed by atoms with van der Waals surface area (Å²) in [6, 6.07) is 5.15. The minimum absolute atomic E-state index is 0.0128. The molecule has 0 saturated carbocycles. The van der Waals surface area contributed by atoms with Gasteiger partial charge in [-0.1, -0.05) is 72.8 Å². The number of amides is 1. The van der Waals surface area contributed by atoms with E-state index in [9.17, 15) is 34.5 Å². The summed E-state index contributed by atoms with van der Waals surface area (Å²) in [6.07, 6.45) is 3.62. The molecule has 0 radical (unpaired) electrons. The number of carbonyl (C=O) groups excluding carboxylic acids is 3. The second-order valence-electron chi connectivity index (χ2n) is 19.2. The van der Waals surface area contributed by atoms with Gasteiger partial charge < -0.3 is 48.4 Å². The number of hydrogen-bond acceptors (Lipinski definition) is 14. The summed E-state index contributed by atoms with van der Waals surface area (Å²) in [4.78, 5) is 60.8. The largest absolute Gasteiger partial charge is 0.542 e. The van der Waals surface area contributed by atoms with Crippen molar-refractivity contribution in [3.63, 3.8) is 0 Å². The quantitative estimate of drug-likeness (QED) is 0.0498. The smallest absolute Gasteiger partial charge is 0.312 e. The number of aliphatic hydroxyl groups is 2. The molecule has 0 saturated heterocycles. The number of ether oxygens (including phenoxy) is 4. The van der Waals surface area contributed by atoms with Gasteiger partial charge in [0.25, 0.3) is 20.0 Å². The Kier molecular flexibility index (Phi) is 13.6. The van der Waals surface area contributed by atoms with Crippen molar-refractivity contribution in [2.45, 2.75) is 124 Å². The zero-order chi connectivity index (χ0) is 48.2. The predicted octanol–water partition coefficient (Wildman–Crippen LogP) is 8.38. The lowest BCUT2D eigenvalue weighted by atomic mass is 9.78. The summed E-state index contributed by atoms with van der Waals surface area (Å²) in [7, 11) is -1.03. The number of carbonyl (C=O) groups is 3. The number of rotatable bonds is 4. The number of aliphatic hydroxyl groups excluding tert-OH is 2. The number of para-hydroxylation sites is 1. The van der Waals surface area contributed by atoms with E-state index in [1.54, 1.807) is 65.0 Å². The van der Waals surface area contributed by atoms with Crippen LogP contribution in [-0.2, 0) is 23.8 Å². The number of nitrogens with one attached hydrogen (secondary N) is 1. The number of anilines is 1. The van der Waals surface area contributed by atoms with Gasteiger partial charge in [-0.2, -0.15) is 0 Å². The Labute approximate surface area is 379 Å². The van der Waals surface area contributed by atoms with Gasteiger partial charge in [-0.15, -0.1) is 0 Å². The van der Waals surface area contributed by atoms with Gasteiger partial charge in [-0.25, -0.2) is 4.98 Å². The molecule has 350 valence electrons. The summed E-state index contributed by atoms with van der Waals surface area (Å²) >= 11 is 0. The molecular weight excluding hydrogens is 853 g/mol. The molecule has 0 unspecified atom stereocenters. The molecule has 6 rings (SSSR count). The standard InChI is InChI=1S/C49H62N2O13Si/c1-23-17-15-18-24(2)47(58)51-38-42(56)34-33(37-45(38)62-31-19-16-20-32(36(31)50-37)64-65(13,14)48(8,9)10)35-44(28(6)41(34)55)63-49(11,46(35)57)60-22-21-30(59-12)25(3)43(61-29(7)52)27(5)40(54)26(4)39(23)53/h15-23,25-27,30,39-40,43,53-54,56H,1-14H3,(H,51,58)/b17-15+,22-21+,24-18-/t23-,25+,26+,27+,30-,39-,40+,43+,49-/m0/s1. The monoisotopic (exact) mass is 914 g/mol. The number of esters is 1. The summed E-state index contributed by atoms with van der Waals surface area (Å²) in [5, 5.41) is 37.3. The first-order valence-corrected chi connectivity index (χ1v) is 24.8. The van der Waals surface area contributed by atoms with E-state index in [-0.39, 0.29) is 66.1 Å². The minimum atomic E-state index is -2.47. The first-order valence-electron chi connectivity index (χ1n) is 21.8. The van der Waals surface area contributed by atoms with Crippen molar-refractivity contribution in [2.75, 3.05) is 12.4 Å². The topological polar surface area (TPSA) is 213 Å². The number of phenolic OH excluding ortho intramolecular Hbond substituents is 1. The van der Waals surface area contributed by atoms with Gasteiger partial charge in [0.05, 0.1) is 35.5 Å². The Hall–Kier alpha value is -5.55. The van der Waals surface area contributed by atoms with Gasteiger partial charge in [-0.05, 0) is 50.2 Å². The maximum absolute atomic E-state index is 14.9. The predicted molar refractivity (Wildman–Crippen MR) is 250 cm³/mol. The molecule has 3 heterocycles. The van der Waals surface area contributed by atoms with E-state index >= 15 is 0 Å². The molecule has 2 aliphatic heterocycles. The fourth-order valence-electron chi connectivity index (χ4n) is 8.31. The molecule has 0 aliphatic carbocycles. The highest BCUT2D eigenvalue weighted by Gasteiger charge is 2.50. The van der Waals surface area contributed by atoms with E-state index in [1.807, 2.05) is 0 Å². The Morgan fingerprint density at radius 2 is 1.63 bits per heavy atom. The normalized spacial score (nSPS) is 29.0. The van der Waals surface area contributed by atoms with Crippen LogP contribution in [0.5, 0.6) is 17.2 Å². The van der Waals surface area contributed by atoms with Gasteiger partial charge in [0.1, 0.15) is 34.3 Å². The van der Waals surface area contributed by atoms with Crippen molar-refractivity contribution < 1.29 is 57.5 Å². The van der Waals surface area contributed by atoms with Crippen LogP contribution in [0, 0.1) is 30.6 Å². The molecule has 4 aromatic rings. The van der Waals surface area contributed by atoms with Crippen molar-refractivity contribution >= 4 is 64.6 Å². The highest BCUT2D eigenvalue weighted by molar-refractivity contribution is 6.74. The summed E-state index contributed by atoms with van der Waals surface area (Å²) in [6.45, 7) is 23.0. The van der Waals surface area contributed by atoms with Gasteiger partial charge in [0.2, 0.25) is 0 Å². The molecule has 4 bridgehead atoms. The molecule has 1 aromatic heterocycles. The van der Waals surface area contributed by atoms with Crippen LogP contribution in [0.1, 0.15) is 85.2 Å². The zero-order valence-corrected chi connectivity index (χ0v) is 40.6. The number of Topliss-reactive ketones (excluding diaryl/α,β-unsaturated/α-hetero) is 1. The van der Waals surface area contributed by atoms with Gasteiger partial charge in [0, 0.05) is 61.2 Å². The molecule has 9 atom stereocenters. The SMILES string of the molecule is CO[C@H]1/C=C/O[C@@]2(C)Oc3c(C)c(=O)c4c(O)c(c5oc6cccc(O[Si](C)(C)C(C)(C)C)c6nc5c4c3C2=O)NC(=O)/C(C)=C\C=C\[C@H](C)[C@H](O)[C@@H](C)[C@@H](O)[C@@H](C)[C@H](OC(C)=O)[C@@H]1C. The van der Waals surface area contributed by atoms with Crippen molar-refractivity contribution in [2.24, 2.45) is 23.7 Å². The van der Waals surface area contributed by atoms with Crippen LogP contribution in [0.25, 0.3) is 33.0 Å². The second kappa shape index (κ2) is 18.0. The van der Waals surface area contributed by atoms with Gasteiger partial charge in [-0.3, -0.25) is 19.2 Å². The lowest BCUT2D eigenvalue weighted by molar-refractivity contribution is -0.160. The van der Waals surface area contributed by atoms with Gasteiger partial charge >= 0.3 is 11.8 Å². The Morgan fingerprint density at radius 3 is 2.26 bits per heavy atom. The van der Waals surface area contributed by atoms with Crippen LogP contribution in [0.4, 0.5) is 5.69 Å². The average molecular weight is 915 g/mol. The number of phenols is 1. The van der Waals surface area contributed by atoms with Crippen LogP contribution < -0.4 is 19.9 Å². The van der Waals surface area contributed by atoms with Crippen molar-refractivity contribution in [3.05, 3.63) is 75.7 Å². The fourth-order valence-corrected chi connectivity index (χ4v) is 9.33. The van der Waals surface area contributed by atoms with Crippen LogP contribution >= 0.6 is 0 Å². The lowest BCUT2D eigenvalue weighted by Gasteiger charge is -2.38. The van der Waals surface area contributed by atoms with Crippen LogP contribution in [0.2, 0.25) is 18.1 Å². The molecule has 0 spiro atoms. The second-order valence-corrected chi connectivity index (χ2v) is 23.9. The number of benzene rings is 3. The highest BCUT2D eigenvalue weighted by atomic mass is 28.4. The zero-order valence-electron chi connectivity index (χ0n) is 39.6. The van der Waals surface area contributed by atoms with E-state index in [2.05, 4.69) is 39.2 Å². The fraction of sp³-hybridized carbons (Fsp3) is 0.490. The molecular formula is C49H62N2O13Si. The Morgan fingerprint density at radius 1 is 0.954 bits per heavy atom. The number of allylic oxidation sites excluding steroid dienone is 2. The van der Waals surface area contributed by atoms with Crippen LogP contribution in [-0.4, -0.2) is 83.6 Å². The number of aromatic hydroxyl groups is 1. The van der Waals surface area contributed by atoms with Crippen molar-refractivity contribution in [3.8, 4) is 17.2 Å². The Balaban J connectivity index is 1.63. The molecule has 0 fully saturated rings. The van der Waals surface area contributed by atoms with E-state index < -0.39 is 91.0 Å². The number of aromatic nitrogens is 1. The molecule has 2 aliphatic rings. The molecule has 1 amide bonds. The maximum Gasteiger partial charge on any atom is 0.312 e. The molecule has 15 nitrogen and oxygen atoms in total. The summed E-state index contributed by atoms with van der Waals surface area (Å²) < 4.78 is 37.2. The van der Waals surface area contributed by atoms with E-state index in [0.29, 0.717) is 5.75 Å². The van der Waals surface area contributed by atoms with Crippen molar-refractivity contribution in [1.29, 1.82) is 0 Å². The number of methoxy groups -OCH3 is 1. The van der Waals surface area contributed by atoms with E-state index in [4.69, 9.17) is 32.8 Å². The van der Waals surface area contributed by atoms with E-state index in [1.165, 1.54) is 46.3 Å². The maximum atomic E-state index is 14.9. The molecule has 4 N–H and O–H groups in total.